The van der Waals surface area contributed by atoms with Crippen molar-refractivity contribution in [2.75, 3.05) is 13.2 Å². The van der Waals surface area contributed by atoms with E-state index in [0.717, 1.165) is 50.5 Å². The van der Waals surface area contributed by atoms with Crippen LogP contribution in [0.1, 0.15) is 91.9 Å². The van der Waals surface area contributed by atoms with Gasteiger partial charge in [0.1, 0.15) is 24.4 Å². The maximum atomic E-state index is 12.8. The van der Waals surface area contributed by atoms with Crippen molar-refractivity contribution in [2.45, 2.75) is 129 Å². The van der Waals surface area contributed by atoms with Crippen LogP contribution in [0.2, 0.25) is 0 Å². The first-order valence-electron chi connectivity index (χ1n) is 16.8. The number of carbonyl (C=O) groups is 1. The first kappa shape index (κ1) is 32.6. The molecule has 0 bridgehead atoms. The van der Waals surface area contributed by atoms with Crippen LogP contribution in [0.25, 0.3) is 0 Å². The Hall–Kier alpha value is -1.33. The summed E-state index contributed by atoms with van der Waals surface area (Å²) in [6.45, 7) is 13.0. The molecule has 14 atom stereocenters. The van der Waals surface area contributed by atoms with Gasteiger partial charge in [0.2, 0.25) is 0 Å². The normalized spacial score (nSPS) is 53.9. The van der Waals surface area contributed by atoms with Crippen LogP contribution in [0.3, 0.4) is 0 Å². The molecule has 9 heteroatoms. The van der Waals surface area contributed by atoms with Crippen LogP contribution in [0.15, 0.2) is 23.8 Å². The highest BCUT2D eigenvalue weighted by Gasteiger charge is 2.69. The van der Waals surface area contributed by atoms with Gasteiger partial charge in [-0.3, -0.25) is 4.79 Å². The molecular weight excluding hydrogens is 564 g/mol. The molecule has 4 saturated carbocycles. The molecule has 6 aliphatic rings. The van der Waals surface area contributed by atoms with Gasteiger partial charge in [0.05, 0.1) is 24.7 Å². The molecule has 0 aromatic rings. The second-order valence-corrected chi connectivity index (χ2v) is 16.3. The van der Waals surface area contributed by atoms with Crippen molar-refractivity contribution in [3.05, 3.63) is 23.8 Å². The monoisotopic (exact) mass is 618 g/mol. The van der Waals surface area contributed by atoms with Crippen molar-refractivity contribution in [3.63, 3.8) is 0 Å². The van der Waals surface area contributed by atoms with Gasteiger partial charge in [-0.15, -0.1) is 0 Å². The summed E-state index contributed by atoms with van der Waals surface area (Å²) in [5.74, 6) is -0.201. The lowest BCUT2D eigenvalue weighted by atomic mass is 9.34. The molecule has 0 spiro atoms. The first-order valence-corrected chi connectivity index (χ1v) is 16.8. The Bertz CT molecular complexity index is 1200. The number of hydrogen-bond donors (Lipinski definition) is 6. The lowest BCUT2D eigenvalue weighted by molar-refractivity contribution is -0.333. The summed E-state index contributed by atoms with van der Waals surface area (Å²) in [7, 11) is 0. The van der Waals surface area contributed by atoms with Crippen molar-refractivity contribution in [2.24, 2.45) is 44.8 Å². The summed E-state index contributed by atoms with van der Waals surface area (Å²) in [6, 6.07) is 0. The molecule has 0 radical (unpaired) electrons. The maximum absolute atomic E-state index is 12.8. The zero-order valence-electron chi connectivity index (χ0n) is 26.9. The molecule has 6 N–H and O–H groups in total. The Balaban J connectivity index is 1.31. The zero-order chi connectivity index (χ0) is 32.0. The van der Waals surface area contributed by atoms with Crippen molar-refractivity contribution in [3.8, 4) is 0 Å². The van der Waals surface area contributed by atoms with Crippen molar-refractivity contribution in [1.29, 1.82) is 0 Å². The predicted molar refractivity (Wildman–Crippen MR) is 162 cm³/mol. The van der Waals surface area contributed by atoms with Crippen LogP contribution in [0.5, 0.6) is 0 Å². The summed E-state index contributed by atoms with van der Waals surface area (Å²) >= 11 is 0. The second-order valence-electron chi connectivity index (χ2n) is 16.3. The lowest BCUT2D eigenvalue weighted by Gasteiger charge is -2.71. The molecule has 1 saturated heterocycles. The molecule has 1 heterocycles. The van der Waals surface area contributed by atoms with Crippen LogP contribution in [0, 0.1) is 44.8 Å². The largest absolute Gasteiger partial charge is 0.481 e. The van der Waals surface area contributed by atoms with E-state index in [4.69, 9.17) is 9.47 Å². The number of aliphatic carboxylic acids is 1. The third-order valence-electron chi connectivity index (χ3n) is 14.7. The number of aliphatic hydroxyl groups excluding tert-OH is 5. The van der Waals surface area contributed by atoms with Crippen molar-refractivity contribution in [1.82, 2.24) is 0 Å². The van der Waals surface area contributed by atoms with Crippen LogP contribution in [-0.2, 0) is 14.3 Å². The average Bonchev–Trinajstić information content (AvgIpc) is 2.98. The summed E-state index contributed by atoms with van der Waals surface area (Å²) in [5, 5.41) is 62.5. The quantitative estimate of drug-likeness (QED) is 0.200. The Kier molecular flexibility index (Phi) is 8.05. The SMILES string of the molecule is C=C1CC[C@]2(C(=O)O)CC[C@]3(C)C(=CC[C@@H]4[C@@]5(C)CC[C@H](O[C@@H]6O[C@H](CO)[C@@H](O)[C@H](O)[C@H]6O)[C@@](C)(CO)[C@@H]5CC[C@]43C)[C@@H]2C1. The molecule has 44 heavy (non-hydrogen) atoms. The molecular formula is C35H54O9. The van der Waals surface area contributed by atoms with E-state index in [1.54, 1.807) is 0 Å². The number of hydrogen-bond acceptors (Lipinski definition) is 8. The number of carboxylic acids is 1. The van der Waals surface area contributed by atoms with Crippen LogP contribution in [-0.4, -0.2) is 86.6 Å². The minimum absolute atomic E-state index is 0.00585. The van der Waals surface area contributed by atoms with E-state index >= 15 is 0 Å². The molecule has 0 amide bonds. The fourth-order valence-electron chi connectivity index (χ4n) is 11.8. The van der Waals surface area contributed by atoms with Crippen LogP contribution in [0.4, 0.5) is 0 Å². The van der Waals surface area contributed by atoms with Crippen molar-refractivity contribution >= 4 is 5.97 Å². The highest BCUT2D eigenvalue weighted by atomic mass is 16.7. The molecule has 5 fully saturated rings. The Morgan fingerprint density at radius 1 is 0.977 bits per heavy atom. The Morgan fingerprint density at radius 2 is 1.70 bits per heavy atom. The number of aliphatic hydroxyl groups is 5. The fraction of sp³-hybridized carbons (Fsp3) is 0.857. The molecule has 1 aliphatic heterocycles. The number of fused-ring (bicyclic) bond motifs is 7. The van der Waals surface area contributed by atoms with Crippen molar-refractivity contribution < 1.29 is 44.9 Å². The van der Waals surface area contributed by atoms with Gasteiger partial charge in [-0.2, -0.15) is 0 Å². The van der Waals surface area contributed by atoms with E-state index in [9.17, 15) is 35.4 Å². The maximum Gasteiger partial charge on any atom is 0.310 e. The van der Waals surface area contributed by atoms with Gasteiger partial charge in [-0.1, -0.05) is 51.5 Å². The van der Waals surface area contributed by atoms with Crippen LogP contribution >= 0.6 is 0 Å². The van der Waals surface area contributed by atoms with E-state index in [-0.39, 0.29) is 34.7 Å². The third-order valence-corrected chi connectivity index (χ3v) is 14.7. The Morgan fingerprint density at radius 3 is 2.36 bits per heavy atom. The van der Waals surface area contributed by atoms with E-state index < -0.39 is 60.2 Å². The standard InChI is InChI=1S/C35H54O9/c1-19-8-13-35(30(41)42)15-14-33(4)20(21(35)16-19)6-7-24-31(2)11-10-25(32(3,18-37)23(31)9-12-34(24,33)5)44-29-28(40)27(39)26(38)22(17-36)43-29/h6,21-29,36-40H,1,7-18H2,2-5H3,(H,41,42)/t21-,22+,23+,24+,25-,26+,27-,28+,29-,31-,32-,33+,34+,35-/m0/s1. The van der Waals surface area contributed by atoms with Gasteiger partial charge in [-0.25, -0.2) is 0 Å². The third kappa shape index (κ3) is 4.25. The van der Waals surface area contributed by atoms with Gasteiger partial charge in [0, 0.05) is 11.3 Å². The van der Waals surface area contributed by atoms with Gasteiger partial charge < -0.3 is 40.1 Å². The number of carboxylic acid groups (broad SMARTS) is 1. The number of rotatable bonds is 5. The molecule has 0 unspecified atom stereocenters. The average molecular weight is 619 g/mol. The molecule has 6 rings (SSSR count). The lowest BCUT2D eigenvalue weighted by Crippen LogP contribution is -2.66. The van der Waals surface area contributed by atoms with E-state index in [0.29, 0.717) is 25.2 Å². The van der Waals surface area contributed by atoms with Gasteiger partial charge in [0.25, 0.3) is 0 Å². The number of ether oxygens (including phenoxy) is 2. The smallest absolute Gasteiger partial charge is 0.310 e. The van der Waals surface area contributed by atoms with E-state index in [1.807, 2.05) is 0 Å². The zero-order valence-corrected chi connectivity index (χ0v) is 26.9. The van der Waals surface area contributed by atoms with Gasteiger partial charge in [0.15, 0.2) is 6.29 Å². The molecule has 0 aromatic carbocycles. The fourth-order valence-corrected chi connectivity index (χ4v) is 11.8. The summed E-state index contributed by atoms with van der Waals surface area (Å²) in [6.07, 6.45) is 3.20. The molecule has 248 valence electrons. The highest BCUT2D eigenvalue weighted by molar-refractivity contribution is 5.77. The topological polar surface area (TPSA) is 157 Å². The predicted octanol–water partition coefficient (Wildman–Crippen LogP) is 3.56. The summed E-state index contributed by atoms with van der Waals surface area (Å²) in [5.41, 5.74) is 0.893. The van der Waals surface area contributed by atoms with Gasteiger partial charge >= 0.3 is 5.97 Å². The summed E-state index contributed by atoms with van der Waals surface area (Å²) in [4.78, 5) is 12.8. The minimum atomic E-state index is -1.52. The minimum Gasteiger partial charge on any atom is -0.481 e. The Labute approximate surface area is 261 Å². The number of allylic oxidation sites excluding steroid dienone is 3. The van der Waals surface area contributed by atoms with E-state index in [1.165, 1.54) is 5.57 Å². The van der Waals surface area contributed by atoms with E-state index in [2.05, 4.69) is 40.3 Å². The molecule has 9 nitrogen and oxygen atoms in total. The highest BCUT2D eigenvalue weighted by Crippen LogP contribution is 2.75. The molecule has 0 aromatic heterocycles. The summed E-state index contributed by atoms with van der Waals surface area (Å²) < 4.78 is 12.1. The second kappa shape index (κ2) is 10.9. The molecule has 5 aliphatic carbocycles. The van der Waals surface area contributed by atoms with Crippen LogP contribution < -0.4 is 0 Å². The van der Waals surface area contributed by atoms with Gasteiger partial charge in [-0.05, 0) is 92.3 Å². The first-order chi connectivity index (χ1) is 20.6.